The van der Waals surface area contributed by atoms with E-state index in [0.717, 1.165) is 25.9 Å². The lowest BCUT2D eigenvalue weighted by Gasteiger charge is -2.31. The molecule has 2 aliphatic rings. The first-order valence-corrected chi connectivity index (χ1v) is 9.85. The van der Waals surface area contributed by atoms with Gasteiger partial charge < -0.3 is 21.1 Å². The Morgan fingerprint density at radius 3 is 2.21 bits per heavy atom. The molecule has 2 aliphatic heterocycles. The Kier molecular flexibility index (Phi) is 10.9. The molecule has 4 N–H and O–H groups in total. The quantitative estimate of drug-likeness (QED) is 0.645. The van der Waals surface area contributed by atoms with Gasteiger partial charge in [-0.1, -0.05) is 18.9 Å². The molecule has 0 aromatic heterocycles. The van der Waals surface area contributed by atoms with Crippen LogP contribution in [-0.2, 0) is 14.3 Å². The summed E-state index contributed by atoms with van der Waals surface area (Å²) in [5, 5.41) is 5.80. The van der Waals surface area contributed by atoms with Gasteiger partial charge in [0.05, 0.1) is 6.54 Å². The molecule has 0 aliphatic carbocycles. The number of hydrogen-bond acceptors (Lipinski definition) is 5. The van der Waals surface area contributed by atoms with Crippen LogP contribution in [0.1, 0.15) is 38.5 Å². The fraction of sp³-hybridized carbons (Fsp3) is 0.600. The number of nitrogens with two attached hydrogens (primary N) is 1. The zero-order valence-corrected chi connectivity index (χ0v) is 18.3. The predicted octanol–water partition coefficient (Wildman–Crippen LogP) is 2.79. The maximum Gasteiger partial charge on any atom is 0.244 e. The average Bonchev–Trinajstić information content (AvgIpc) is 2.91. The first-order chi connectivity index (χ1) is 13.0. The Bertz CT molecular complexity index is 661. The third kappa shape index (κ3) is 7.75. The van der Waals surface area contributed by atoms with Crippen molar-refractivity contribution in [3.63, 3.8) is 0 Å². The van der Waals surface area contributed by atoms with Gasteiger partial charge in [-0.3, -0.25) is 14.5 Å². The van der Waals surface area contributed by atoms with Gasteiger partial charge in [0.15, 0.2) is 0 Å². The normalized spacial score (nSPS) is 19.1. The summed E-state index contributed by atoms with van der Waals surface area (Å²) in [4.78, 5) is 27.1. The monoisotopic (exact) mass is 446 g/mol. The molecule has 0 saturated carbocycles. The van der Waals surface area contributed by atoms with Gasteiger partial charge in [0.2, 0.25) is 11.8 Å². The van der Waals surface area contributed by atoms with Gasteiger partial charge in [0.1, 0.15) is 5.54 Å². The standard InChI is InChI=1S/C20H30N4O3.2ClH/c21-20(8-12-27-13-9-20)19(26)23-17-7-5-6-16(14-17)22-18(25)15-24-10-3-1-2-4-11-24;;/h5-7,14H,1-4,8-13,15,21H2,(H,22,25)(H,23,26);2*1H. The minimum atomic E-state index is -0.899. The lowest BCUT2D eigenvalue weighted by atomic mass is 9.90. The second-order valence-corrected chi connectivity index (χ2v) is 7.54. The van der Waals surface area contributed by atoms with Crippen LogP contribution in [0, 0.1) is 0 Å². The number of amides is 2. The number of benzene rings is 1. The molecule has 0 unspecified atom stereocenters. The second kappa shape index (κ2) is 12.3. The van der Waals surface area contributed by atoms with Crippen molar-refractivity contribution in [2.45, 2.75) is 44.1 Å². The third-order valence-corrected chi connectivity index (χ3v) is 5.31. The molecule has 1 aromatic carbocycles. The maximum absolute atomic E-state index is 12.5. The molecule has 2 amide bonds. The number of hydrogen-bond donors (Lipinski definition) is 3. The van der Waals surface area contributed by atoms with Crippen LogP contribution < -0.4 is 16.4 Å². The van der Waals surface area contributed by atoms with E-state index in [9.17, 15) is 9.59 Å². The largest absolute Gasteiger partial charge is 0.381 e. The Morgan fingerprint density at radius 1 is 1.00 bits per heavy atom. The van der Waals surface area contributed by atoms with Crippen molar-refractivity contribution in [3.05, 3.63) is 24.3 Å². The van der Waals surface area contributed by atoms with Crippen LogP contribution in [0.25, 0.3) is 0 Å². The zero-order valence-electron chi connectivity index (χ0n) is 16.7. The van der Waals surface area contributed by atoms with E-state index in [4.69, 9.17) is 10.5 Å². The molecular weight excluding hydrogens is 415 g/mol. The van der Waals surface area contributed by atoms with Crippen LogP contribution in [0.15, 0.2) is 24.3 Å². The highest BCUT2D eigenvalue weighted by Crippen LogP contribution is 2.22. The van der Waals surface area contributed by atoms with Gasteiger partial charge in [0.25, 0.3) is 0 Å². The van der Waals surface area contributed by atoms with Gasteiger partial charge in [-0.2, -0.15) is 0 Å². The molecule has 7 nitrogen and oxygen atoms in total. The summed E-state index contributed by atoms with van der Waals surface area (Å²) < 4.78 is 5.29. The molecule has 0 atom stereocenters. The van der Waals surface area contributed by atoms with E-state index < -0.39 is 5.54 Å². The van der Waals surface area contributed by atoms with E-state index in [1.165, 1.54) is 12.8 Å². The van der Waals surface area contributed by atoms with Gasteiger partial charge >= 0.3 is 0 Å². The summed E-state index contributed by atoms with van der Waals surface area (Å²) in [6.45, 7) is 3.35. The highest BCUT2D eigenvalue weighted by molar-refractivity contribution is 5.99. The number of likely N-dealkylation sites (tertiary alicyclic amines) is 1. The first kappa shape index (κ1) is 25.7. The van der Waals surface area contributed by atoms with Gasteiger partial charge in [-0.25, -0.2) is 0 Å². The average molecular weight is 447 g/mol. The van der Waals surface area contributed by atoms with E-state index >= 15 is 0 Å². The number of nitrogens with zero attached hydrogens (tertiary/aromatic N) is 1. The van der Waals surface area contributed by atoms with E-state index in [2.05, 4.69) is 15.5 Å². The zero-order chi connectivity index (χ0) is 19.1. The molecule has 164 valence electrons. The van der Waals surface area contributed by atoms with Crippen molar-refractivity contribution < 1.29 is 14.3 Å². The number of rotatable bonds is 5. The SMILES string of the molecule is Cl.Cl.NC1(C(=O)Nc2cccc(NC(=O)CN3CCCCCC3)c2)CCOCC1. The van der Waals surface area contributed by atoms with Crippen molar-refractivity contribution >= 4 is 48.0 Å². The lowest BCUT2D eigenvalue weighted by Crippen LogP contribution is -2.54. The van der Waals surface area contributed by atoms with E-state index in [1.54, 1.807) is 12.1 Å². The molecular formula is C20H32Cl2N4O3. The summed E-state index contributed by atoms with van der Waals surface area (Å²) >= 11 is 0. The van der Waals surface area contributed by atoms with E-state index in [0.29, 0.717) is 44.0 Å². The third-order valence-electron chi connectivity index (χ3n) is 5.31. The number of anilines is 2. The highest BCUT2D eigenvalue weighted by atomic mass is 35.5. The second-order valence-electron chi connectivity index (χ2n) is 7.54. The molecule has 1 aromatic rings. The summed E-state index contributed by atoms with van der Waals surface area (Å²) in [5.41, 5.74) is 6.62. The molecule has 9 heteroatoms. The van der Waals surface area contributed by atoms with E-state index in [1.807, 2.05) is 12.1 Å². The number of ether oxygens (including phenoxy) is 1. The molecule has 0 bridgehead atoms. The van der Waals surface area contributed by atoms with Crippen LogP contribution in [0.3, 0.4) is 0 Å². The lowest BCUT2D eigenvalue weighted by molar-refractivity contribution is -0.124. The van der Waals surface area contributed by atoms with Crippen molar-refractivity contribution in [2.75, 3.05) is 43.5 Å². The van der Waals surface area contributed by atoms with Crippen LogP contribution in [0.2, 0.25) is 0 Å². The smallest absolute Gasteiger partial charge is 0.244 e. The van der Waals surface area contributed by atoms with Crippen LogP contribution in [0.4, 0.5) is 11.4 Å². The summed E-state index contributed by atoms with van der Waals surface area (Å²) in [7, 11) is 0. The molecule has 3 rings (SSSR count). The molecule has 2 heterocycles. The van der Waals surface area contributed by atoms with Crippen molar-refractivity contribution in [3.8, 4) is 0 Å². The first-order valence-electron chi connectivity index (χ1n) is 9.85. The van der Waals surface area contributed by atoms with Crippen molar-refractivity contribution in [1.29, 1.82) is 0 Å². The molecule has 2 saturated heterocycles. The Balaban J connectivity index is 0.00000210. The summed E-state index contributed by atoms with van der Waals surface area (Å²) in [6.07, 6.45) is 5.81. The molecule has 0 radical (unpaired) electrons. The predicted molar refractivity (Wildman–Crippen MR) is 120 cm³/mol. The summed E-state index contributed by atoms with van der Waals surface area (Å²) in [6, 6.07) is 7.19. The fourth-order valence-electron chi connectivity index (χ4n) is 3.59. The Labute approximate surface area is 184 Å². The van der Waals surface area contributed by atoms with Gasteiger partial charge in [0, 0.05) is 24.6 Å². The number of carbonyl (C=O) groups is 2. The molecule has 29 heavy (non-hydrogen) atoms. The molecule has 0 spiro atoms. The Hall–Kier alpha value is -1.38. The van der Waals surface area contributed by atoms with Crippen LogP contribution >= 0.6 is 24.8 Å². The van der Waals surface area contributed by atoms with Crippen LogP contribution in [-0.4, -0.2) is 55.1 Å². The van der Waals surface area contributed by atoms with Gasteiger partial charge in [-0.05, 0) is 57.0 Å². The number of nitrogens with one attached hydrogen (secondary N) is 2. The highest BCUT2D eigenvalue weighted by Gasteiger charge is 2.35. The molecule has 2 fully saturated rings. The Morgan fingerprint density at radius 2 is 1.59 bits per heavy atom. The summed E-state index contributed by atoms with van der Waals surface area (Å²) in [5.74, 6) is -0.237. The maximum atomic E-state index is 12.5. The van der Waals surface area contributed by atoms with Gasteiger partial charge in [-0.15, -0.1) is 24.8 Å². The minimum absolute atomic E-state index is 0. The van der Waals surface area contributed by atoms with Crippen molar-refractivity contribution in [1.82, 2.24) is 4.90 Å². The van der Waals surface area contributed by atoms with Crippen molar-refractivity contribution in [2.24, 2.45) is 5.73 Å². The van der Waals surface area contributed by atoms with Crippen LogP contribution in [0.5, 0.6) is 0 Å². The number of carbonyl (C=O) groups excluding carboxylic acids is 2. The minimum Gasteiger partial charge on any atom is -0.381 e. The topological polar surface area (TPSA) is 96.7 Å². The van der Waals surface area contributed by atoms with E-state index in [-0.39, 0.29) is 36.6 Å². The number of halogens is 2. The fourth-order valence-corrected chi connectivity index (χ4v) is 3.59.